The Kier molecular flexibility index (Phi) is 4.65. The van der Waals surface area contributed by atoms with E-state index in [0.717, 1.165) is 17.7 Å². The third-order valence-corrected chi connectivity index (χ3v) is 3.57. The first-order valence-corrected chi connectivity index (χ1v) is 7.43. The lowest BCUT2D eigenvalue weighted by Crippen LogP contribution is -2.20. The summed E-state index contributed by atoms with van der Waals surface area (Å²) in [5, 5.41) is 2.69. The van der Waals surface area contributed by atoms with Crippen molar-refractivity contribution in [3.8, 4) is 11.5 Å². The largest absolute Gasteiger partial charge is 0.454 e. The van der Waals surface area contributed by atoms with E-state index in [1.54, 1.807) is 12.1 Å². The summed E-state index contributed by atoms with van der Waals surface area (Å²) in [7, 11) is 0. The second-order valence-electron chi connectivity index (χ2n) is 5.36. The molecule has 1 N–H and O–H groups in total. The van der Waals surface area contributed by atoms with E-state index in [-0.39, 0.29) is 12.7 Å². The Hall–Kier alpha value is -2.96. The quantitative estimate of drug-likeness (QED) is 0.855. The van der Waals surface area contributed by atoms with Crippen LogP contribution in [0, 0.1) is 0 Å². The number of fused-ring (bicyclic) bond motifs is 1. The number of hydrogen-bond acceptors (Lipinski definition) is 3. The number of carbonyl (C=O) groups excluding carboxylic acids is 1. The Balaban J connectivity index is 1.54. The van der Waals surface area contributed by atoms with Gasteiger partial charge in [-0.1, -0.05) is 18.2 Å². The van der Waals surface area contributed by atoms with Crippen molar-refractivity contribution in [2.24, 2.45) is 0 Å². The molecule has 0 atom stereocenters. The van der Waals surface area contributed by atoms with Crippen molar-refractivity contribution in [2.75, 3.05) is 6.79 Å². The molecule has 2 aromatic carbocycles. The second-order valence-corrected chi connectivity index (χ2v) is 5.36. The summed E-state index contributed by atoms with van der Waals surface area (Å²) in [5.74, 6) is 0.946. The topological polar surface area (TPSA) is 47.6 Å². The molecular formula is C18H14F3NO3. The summed E-state index contributed by atoms with van der Waals surface area (Å²) in [6.07, 6.45) is -1.64. The predicted molar refractivity (Wildman–Crippen MR) is 84.9 cm³/mol. The molecule has 0 saturated heterocycles. The highest BCUT2D eigenvalue weighted by Gasteiger charge is 2.29. The van der Waals surface area contributed by atoms with Gasteiger partial charge in [-0.25, -0.2) is 0 Å². The van der Waals surface area contributed by atoms with E-state index >= 15 is 0 Å². The molecule has 0 saturated carbocycles. The maximum Gasteiger partial charge on any atom is 0.416 e. The van der Waals surface area contributed by atoms with Gasteiger partial charge in [0.05, 0.1) is 5.56 Å². The van der Waals surface area contributed by atoms with Gasteiger partial charge in [-0.15, -0.1) is 0 Å². The molecule has 0 unspecified atom stereocenters. The zero-order valence-corrected chi connectivity index (χ0v) is 13.0. The van der Waals surface area contributed by atoms with Crippen molar-refractivity contribution in [3.05, 3.63) is 65.2 Å². The number of benzene rings is 2. The second kappa shape index (κ2) is 6.88. The lowest BCUT2D eigenvalue weighted by molar-refractivity contribution is -0.137. The van der Waals surface area contributed by atoms with Gasteiger partial charge in [0.1, 0.15) is 0 Å². The van der Waals surface area contributed by atoms with Crippen molar-refractivity contribution in [1.82, 2.24) is 5.32 Å². The van der Waals surface area contributed by atoms with E-state index in [4.69, 9.17) is 9.47 Å². The number of amides is 1. The van der Waals surface area contributed by atoms with Crippen LogP contribution in [0.3, 0.4) is 0 Å². The molecule has 0 radical (unpaired) electrons. The van der Waals surface area contributed by atoms with E-state index in [0.29, 0.717) is 23.6 Å². The van der Waals surface area contributed by atoms with E-state index in [2.05, 4.69) is 5.32 Å². The van der Waals surface area contributed by atoms with E-state index < -0.39 is 11.7 Å². The van der Waals surface area contributed by atoms with Gasteiger partial charge in [-0.3, -0.25) is 4.79 Å². The SMILES string of the molecule is O=C(/C=C/c1ccc(C(F)(F)F)cc1)NCc1ccc2c(c1)OCO2. The molecule has 1 amide bonds. The zero-order chi connectivity index (χ0) is 17.9. The highest BCUT2D eigenvalue weighted by Crippen LogP contribution is 2.32. The average molecular weight is 349 g/mol. The van der Waals surface area contributed by atoms with Gasteiger partial charge in [0, 0.05) is 12.6 Å². The van der Waals surface area contributed by atoms with Gasteiger partial charge < -0.3 is 14.8 Å². The molecular weight excluding hydrogens is 335 g/mol. The van der Waals surface area contributed by atoms with E-state index in [1.165, 1.54) is 24.3 Å². The molecule has 4 nitrogen and oxygen atoms in total. The summed E-state index contributed by atoms with van der Waals surface area (Å²) < 4.78 is 47.9. The monoisotopic (exact) mass is 349 g/mol. The molecule has 1 aliphatic rings. The number of hydrogen-bond donors (Lipinski definition) is 1. The van der Waals surface area contributed by atoms with Crippen molar-refractivity contribution in [3.63, 3.8) is 0 Å². The minimum Gasteiger partial charge on any atom is -0.454 e. The van der Waals surface area contributed by atoms with Crippen LogP contribution in [-0.4, -0.2) is 12.7 Å². The molecule has 130 valence electrons. The van der Waals surface area contributed by atoms with Crippen molar-refractivity contribution >= 4 is 12.0 Å². The maximum atomic E-state index is 12.5. The summed E-state index contributed by atoms with van der Waals surface area (Å²) in [6, 6.07) is 9.93. The summed E-state index contributed by atoms with van der Waals surface area (Å²) >= 11 is 0. The predicted octanol–water partition coefficient (Wildman–Crippen LogP) is 3.76. The molecule has 0 spiro atoms. The minimum absolute atomic E-state index is 0.182. The highest BCUT2D eigenvalue weighted by molar-refractivity contribution is 5.91. The number of alkyl halides is 3. The Morgan fingerprint density at radius 2 is 1.80 bits per heavy atom. The Labute approximate surface area is 141 Å². The van der Waals surface area contributed by atoms with E-state index in [1.807, 2.05) is 6.07 Å². The molecule has 2 aromatic rings. The highest BCUT2D eigenvalue weighted by atomic mass is 19.4. The number of carbonyl (C=O) groups is 1. The average Bonchev–Trinajstić information content (AvgIpc) is 3.05. The van der Waals surface area contributed by atoms with Gasteiger partial charge in [-0.05, 0) is 41.5 Å². The fourth-order valence-corrected chi connectivity index (χ4v) is 2.25. The third kappa shape index (κ3) is 4.32. The van der Waals surface area contributed by atoms with Crippen LogP contribution in [-0.2, 0) is 17.5 Å². The number of halogens is 3. The Morgan fingerprint density at radius 3 is 2.52 bits per heavy atom. The molecule has 1 aliphatic heterocycles. The van der Waals surface area contributed by atoms with Gasteiger partial charge in [0.2, 0.25) is 12.7 Å². The standard InChI is InChI=1S/C18H14F3NO3/c19-18(20,21)14-5-1-12(2-6-14)4-8-17(23)22-10-13-3-7-15-16(9-13)25-11-24-15/h1-9H,10-11H2,(H,22,23)/b8-4+. The van der Waals surface area contributed by atoms with Gasteiger partial charge >= 0.3 is 6.18 Å². The molecule has 0 bridgehead atoms. The van der Waals surface area contributed by atoms with Crippen LogP contribution in [0.15, 0.2) is 48.5 Å². The Bertz CT molecular complexity index is 798. The molecule has 7 heteroatoms. The van der Waals surface area contributed by atoms with Crippen LogP contribution >= 0.6 is 0 Å². The number of ether oxygens (including phenoxy) is 2. The number of rotatable bonds is 4. The first-order chi connectivity index (χ1) is 11.9. The fourth-order valence-electron chi connectivity index (χ4n) is 2.25. The summed E-state index contributed by atoms with van der Waals surface area (Å²) in [6.45, 7) is 0.480. The summed E-state index contributed by atoms with van der Waals surface area (Å²) in [4.78, 5) is 11.8. The van der Waals surface area contributed by atoms with Crippen LogP contribution in [0.5, 0.6) is 11.5 Å². The Morgan fingerprint density at radius 1 is 1.08 bits per heavy atom. The molecule has 3 rings (SSSR count). The van der Waals surface area contributed by atoms with Crippen LogP contribution in [0.25, 0.3) is 6.08 Å². The lowest BCUT2D eigenvalue weighted by atomic mass is 10.1. The van der Waals surface area contributed by atoms with Gasteiger partial charge in [0.25, 0.3) is 0 Å². The van der Waals surface area contributed by atoms with Crippen molar-refractivity contribution in [2.45, 2.75) is 12.7 Å². The van der Waals surface area contributed by atoms with Crippen LogP contribution < -0.4 is 14.8 Å². The zero-order valence-electron chi connectivity index (χ0n) is 13.0. The number of nitrogens with one attached hydrogen (secondary N) is 1. The van der Waals surface area contributed by atoms with Crippen molar-refractivity contribution in [1.29, 1.82) is 0 Å². The molecule has 0 fully saturated rings. The molecule has 0 aliphatic carbocycles. The van der Waals surface area contributed by atoms with Crippen LogP contribution in [0.1, 0.15) is 16.7 Å². The lowest BCUT2D eigenvalue weighted by Gasteiger charge is -2.06. The smallest absolute Gasteiger partial charge is 0.416 e. The minimum atomic E-state index is -4.37. The van der Waals surface area contributed by atoms with E-state index in [9.17, 15) is 18.0 Å². The van der Waals surface area contributed by atoms with Gasteiger partial charge in [0.15, 0.2) is 11.5 Å². The first-order valence-electron chi connectivity index (χ1n) is 7.43. The maximum absolute atomic E-state index is 12.5. The van der Waals surface area contributed by atoms with Crippen LogP contribution in [0.4, 0.5) is 13.2 Å². The third-order valence-electron chi connectivity index (χ3n) is 3.57. The van der Waals surface area contributed by atoms with Crippen molar-refractivity contribution < 1.29 is 27.4 Å². The summed E-state index contributed by atoms with van der Waals surface area (Å²) in [5.41, 5.74) is 0.628. The molecule has 25 heavy (non-hydrogen) atoms. The normalized spacial score (nSPS) is 13.2. The first kappa shape index (κ1) is 16.9. The molecule has 0 aromatic heterocycles. The van der Waals surface area contributed by atoms with Gasteiger partial charge in [-0.2, -0.15) is 13.2 Å². The fraction of sp³-hybridized carbons (Fsp3) is 0.167. The van der Waals surface area contributed by atoms with Crippen LogP contribution in [0.2, 0.25) is 0 Å². The molecule has 1 heterocycles.